The molecule has 3 heterocycles. The van der Waals surface area contributed by atoms with Crippen LogP contribution < -0.4 is 0 Å². The van der Waals surface area contributed by atoms with Crippen LogP contribution in [0.2, 0.25) is 0 Å². The smallest absolute Gasteiger partial charge is 0.410 e. The van der Waals surface area contributed by atoms with Crippen molar-refractivity contribution in [1.29, 1.82) is 0 Å². The quantitative estimate of drug-likeness (QED) is 0.879. The molecule has 2 aromatic heterocycles. The lowest BCUT2D eigenvalue weighted by molar-refractivity contribution is 0.0776. The van der Waals surface area contributed by atoms with E-state index in [0.29, 0.717) is 30.7 Å². The summed E-state index contributed by atoms with van der Waals surface area (Å²) >= 11 is 0. The number of pyridine rings is 1. The minimum Gasteiger partial charge on any atom is -0.450 e. The second-order valence-corrected chi connectivity index (χ2v) is 5.02. The zero-order valence-electron chi connectivity index (χ0n) is 11.8. The van der Waals surface area contributed by atoms with Gasteiger partial charge < -0.3 is 9.72 Å². The molecular weight excluding hydrogens is 270 g/mol. The molecule has 1 atom stereocenters. The molecule has 1 fully saturated rings. The number of hydrogen-bond donors (Lipinski definition) is 1. The van der Waals surface area contributed by atoms with E-state index in [1.807, 2.05) is 12.1 Å². The topological polar surface area (TPSA) is 75.3 Å². The minimum absolute atomic E-state index is 0.0782. The molecule has 0 bridgehead atoms. The summed E-state index contributed by atoms with van der Waals surface area (Å²) in [6.45, 7) is 2.63. The lowest BCUT2D eigenvalue weighted by Gasteiger charge is -2.22. The fourth-order valence-corrected chi connectivity index (χ4v) is 2.79. The van der Waals surface area contributed by atoms with Gasteiger partial charge in [0.25, 0.3) is 0 Å². The Morgan fingerprint density at radius 3 is 3.19 bits per heavy atom. The summed E-state index contributed by atoms with van der Waals surface area (Å²) in [7, 11) is 0. The van der Waals surface area contributed by atoms with Crippen molar-refractivity contribution in [3.8, 4) is 0 Å². The van der Waals surface area contributed by atoms with Crippen LogP contribution in [-0.2, 0) is 4.74 Å². The molecule has 1 saturated heterocycles. The molecule has 0 aromatic carbocycles. The number of carbonyl (C=O) groups excluding carboxylic acids is 2. The summed E-state index contributed by atoms with van der Waals surface area (Å²) in [5.74, 6) is -0.0782. The van der Waals surface area contributed by atoms with Gasteiger partial charge in [0, 0.05) is 18.9 Å². The van der Waals surface area contributed by atoms with E-state index in [-0.39, 0.29) is 5.78 Å². The molecule has 0 radical (unpaired) electrons. The highest BCUT2D eigenvalue weighted by atomic mass is 16.6. The van der Waals surface area contributed by atoms with Crippen molar-refractivity contribution in [2.24, 2.45) is 0 Å². The predicted octanol–water partition coefficient (Wildman–Crippen LogP) is 2.37. The summed E-state index contributed by atoms with van der Waals surface area (Å²) < 4.78 is 5.02. The number of ether oxygens (including phenoxy) is 1. The number of H-pyrrole nitrogens is 1. The van der Waals surface area contributed by atoms with Gasteiger partial charge in [-0.3, -0.25) is 14.7 Å². The first-order valence-corrected chi connectivity index (χ1v) is 7.12. The van der Waals surface area contributed by atoms with Gasteiger partial charge in [-0.25, -0.2) is 4.79 Å². The number of aromatic amines is 1. The molecule has 3 rings (SSSR count). The maximum atomic E-state index is 12.7. The lowest BCUT2D eigenvalue weighted by Crippen LogP contribution is -2.40. The highest BCUT2D eigenvalue weighted by Crippen LogP contribution is 2.25. The van der Waals surface area contributed by atoms with Crippen molar-refractivity contribution in [2.45, 2.75) is 25.8 Å². The molecule has 0 aliphatic carbocycles. The van der Waals surface area contributed by atoms with Crippen LogP contribution in [0, 0.1) is 0 Å². The first-order valence-electron chi connectivity index (χ1n) is 7.12. The van der Waals surface area contributed by atoms with E-state index in [1.165, 1.54) is 4.90 Å². The summed E-state index contributed by atoms with van der Waals surface area (Å²) in [6, 6.07) is 3.23. The number of hydrogen-bond acceptors (Lipinski definition) is 4. The van der Waals surface area contributed by atoms with Gasteiger partial charge in [-0.1, -0.05) is 0 Å². The summed E-state index contributed by atoms with van der Waals surface area (Å²) in [5, 5.41) is 0. The van der Waals surface area contributed by atoms with Crippen LogP contribution in [0.5, 0.6) is 0 Å². The van der Waals surface area contributed by atoms with Crippen molar-refractivity contribution >= 4 is 22.9 Å². The third-order valence-corrected chi connectivity index (χ3v) is 3.76. The Labute approximate surface area is 122 Å². The van der Waals surface area contributed by atoms with Gasteiger partial charge in [0.1, 0.15) is 0 Å². The summed E-state index contributed by atoms with van der Waals surface area (Å²) in [5.41, 5.74) is 2.01. The average Bonchev–Trinajstić information content (AvgIpc) is 3.14. The number of nitrogens with zero attached hydrogens (tertiary/aromatic N) is 2. The van der Waals surface area contributed by atoms with E-state index in [1.54, 1.807) is 19.3 Å². The Hall–Kier alpha value is -2.37. The summed E-state index contributed by atoms with van der Waals surface area (Å²) in [6.07, 6.45) is 4.38. The Morgan fingerprint density at radius 2 is 2.38 bits per heavy atom. The molecule has 2 aromatic rings. The second kappa shape index (κ2) is 5.55. The zero-order chi connectivity index (χ0) is 14.8. The van der Waals surface area contributed by atoms with E-state index in [9.17, 15) is 9.59 Å². The largest absolute Gasteiger partial charge is 0.450 e. The van der Waals surface area contributed by atoms with Gasteiger partial charge >= 0.3 is 6.09 Å². The predicted molar refractivity (Wildman–Crippen MR) is 77.2 cm³/mol. The van der Waals surface area contributed by atoms with E-state index in [0.717, 1.165) is 11.9 Å². The molecule has 1 amide bonds. The van der Waals surface area contributed by atoms with E-state index < -0.39 is 12.1 Å². The molecule has 1 N–H and O–H groups in total. The molecule has 6 heteroatoms. The van der Waals surface area contributed by atoms with Crippen LogP contribution in [-0.4, -0.2) is 45.9 Å². The van der Waals surface area contributed by atoms with E-state index in [2.05, 4.69) is 9.97 Å². The molecule has 21 heavy (non-hydrogen) atoms. The molecule has 1 aliphatic rings. The molecule has 110 valence electrons. The summed E-state index contributed by atoms with van der Waals surface area (Å²) in [4.78, 5) is 33.5. The number of Topliss-reactive ketones (excluding diaryl/α,β-unsaturated/α-hetero) is 1. The monoisotopic (exact) mass is 287 g/mol. The van der Waals surface area contributed by atoms with Crippen LogP contribution in [0.4, 0.5) is 4.79 Å². The fourth-order valence-electron chi connectivity index (χ4n) is 2.79. The number of aromatic nitrogens is 2. The van der Waals surface area contributed by atoms with Gasteiger partial charge in [-0.2, -0.15) is 0 Å². The molecular formula is C15H17N3O3. The first-order chi connectivity index (χ1) is 10.2. The molecule has 1 unspecified atom stereocenters. The van der Waals surface area contributed by atoms with Crippen LogP contribution >= 0.6 is 0 Å². The highest BCUT2D eigenvalue weighted by Gasteiger charge is 2.36. The van der Waals surface area contributed by atoms with Crippen molar-refractivity contribution in [3.63, 3.8) is 0 Å². The van der Waals surface area contributed by atoms with Gasteiger partial charge in [-0.15, -0.1) is 0 Å². The Morgan fingerprint density at radius 1 is 1.52 bits per heavy atom. The Kier molecular flexibility index (Phi) is 3.60. The van der Waals surface area contributed by atoms with Crippen LogP contribution in [0.3, 0.4) is 0 Å². The number of rotatable bonds is 3. The maximum Gasteiger partial charge on any atom is 0.410 e. The van der Waals surface area contributed by atoms with Crippen molar-refractivity contribution in [1.82, 2.24) is 14.9 Å². The van der Waals surface area contributed by atoms with E-state index >= 15 is 0 Å². The van der Waals surface area contributed by atoms with Crippen LogP contribution in [0.25, 0.3) is 11.0 Å². The standard InChI is InChI=1S/C15H17N3O3/c1-2-21-15(20)18-8-4-6-12(18)14(19)10-9-17-11-5-3-7-16-13(10)11/h3,5,7,9,12,17H,2,4,6,8H2,1H3. The van der Waals surface area contributed by atoms with E-state index in [4.69, 9.17) is 4.74 Å². The molecule has 6 nitrogen and oxygen atoms in total. The highest BCUT2D eigenvalue weighted by molar-refractivity contribution is 6.09. The van der Waals surface area contributed by atoms with Crippen molar-refractivity contribution < 1.29 is 14.3 Å². The number of ketones is 1. The van der Waals surface area contributed by atoms with Gasteiger partial charge in [-0.05, 0) is 31.9 Å². The third kappa shape index (κ3) is 2.37. The van der Waals surface area contributed by atoms with Crippen molar-refractivity contribution in [3.05, 3.63) is 30.1 Å². The number of amides is 1. The number of carbonyl (C=O) groups is 2. The second-order valence-electron chi connectivity index (χ2n) is 5.02. The minimum atomic E-state index is -0.454. The third-order valence-electron chi connectivity index (χ3n) is 3.76. The van der Waals surface area contributed by atoms with Crippen LogP contribution in [0.1, 0.15) is 30.1 Å². The lowest BCUT2D eigenvalue weighted by atomic mass is 10.0. The van der Waals surface area contributed by atoms with Crippen LogP contribution in [0.15, 0.2) is 24.5 Å². The SMILES string of the molecule is CCOC(=O)N1CCCC1C(=O)c1c[nH]c2cccnc12. The number of nitrogens with one attached hydrogen (secondary N) is 1. The van der Waals surface area contributed by atoms with Gasteiger partial charge in [0.05, 0.1) is 29.2 Å². The molecule has 0 saturated carbocycles. The Balaban J connectivity index is 1.89. The Bertz CT molecular complexity index is 680. The first kappa shape index (κ1) is 13.6. The number of fused-ring (bicyclic) bond motifs is 1. The maximum absolute atomic E-state index is 12.7. The molecule has 1 aliphatic heterocycles. The fraction of sp³-hybridized carbons (Fsp3) is 0.400. The van der Waals surface area contributed by atoms with Gasteiger partial charge in [0.2, 0.25) is 0 Å². The van der Waals surface area contributed by atoms with Gasteiger partial charge in [0.15, 0.2) is 5.78 Å². The molecule has 0 spiro atoms. The number of likely N-dealkylation sites (tertiary alicyclic amines) is 1. The normalized spacial score (nSPS) is 18.1. The average molecular weight is 287 g/mol. The zero-order valence-corrected chi connectivity index (χ0v) is 11.8. The van der Waals surface area contributed by atoms with Crippen molar-refractivity contribution in [2.75, 3.05) is 13.2 Å².